The van der Waals surface area contributed by atoms with Crippen molar-refractivity contribution in [1.82, 2.24) is 0 Å². The summed E-state index contributed by atoms with van der Waals surface area (Å²) in [6.45, 7) is 0. The van der Waals surface area contributed by atoms with Gasteiger partial charge in [0.05, 0.1) is 10.0 Å². The molecule has 2 N–H and O–H groups in total. The fourth-order valence-electron chi connectivity index (χ4n) is 3.19. The van der Waals surface area contributed by atoms with Crippen LogP contribution in [0.2, 0.25) is 20.1 Å². The van der Waals surface area contributed by atoms with E-state index < -0.39 is 18.1 Å². The van der Waals surface area contributed by atoms with Crippen LogP contribution in [0.25, 0.3) is 10.8 Å². The molecule has 0 spiro atoms. The van der Waals surface area contributed by atoms with E-state index in [1.54, 1.807) is 6.07 Å². The second kappa shape index (κ2) is 6.20. The van der Waals surface area contributed by atoms with Gasteiger partial charge in [-0.05, 0) is 16.3 Å². The smallest absolute Gasteiger partial charge is 0.182 e. The highest BCUT2D eigenvalue weighted by Crippen LogP contribution is 2.52. The Morgan fingerprint density at radius 2 is 1.36 bits per heavy atom. The van der Waals surface area contributed by atoms with Gasteiger partial charge in [-0.3, -0.25) is 0 Å². The van der Waals surface area contributed by atoms with Gasteiger partial charge in [0.15, 0.2) is 12.0 Å². The van der Waals surface area contributed by atoms with E-state index in [4.69, 9.17) is 51.1 Å². The Kier molecular flexibility index (Phi) is 4.27. The highest BCUT2D eigenvalue weighted by Gasteiger charge is 2.34. The summed E-state index contributed by atoms with van der Waals surface area (Å²) in [4.78, 5) is 0. The van der Waals surface area contributed by atoms with Gasteiger partial charge in [0.2, 0.25) is 0 Å². The maximum absolute atomic E-state index is 10.5. The maximum Gasteiger partial charge on any atom is 0.182 e. The standard InChI is InChI=1S/C18H10Cl4O3/c19-12-11(13(20)15(22)16(23)14(12)21)17-8-5-1-3-7-4-2-6-9(10(7)8)18(24)25-17/h1-6,17-18,23-24H/t17-,18+/m0/s1. The van der Waals surface area contributed by atoms with Crippen LogP contribution in [0, 0.1) is 0 Å². The van der Waals surface area contributed by atoms with Crippen molar-refractivity contribution in [3.63, 3.8) is 0 Å². The molecular weight excluding hydrogens is 406 g/mol. The predicted octanol–water partition coefficient (Wildman–Crippen LogP) is 6.27. The van der Waals surface area contributed by atoms with E-state index in [0.29, 0.717) is 11.1 Å². The van der Waals surface area contributed by atoms with Gasteiger partial charge in [0.1, 0.15) is 16.1 Å². The van der Waals surface area contributed by atoms with Gasteiger partial charge < -0.3 is 14.9 Å². The molecule has 7 heteroatoms. The molecule has 25 heavy (non-hydrogen) atoms. The first-order valence-corrected chi connectivity index (χ1v) is 8.83. The van der Waals surface area contributed by atoms with Crippen molar-refractivity contribution in [2.45, 2.75) is 12.4 Å². The summed E-state index contributed by atoms with van der Waals surface area (Å²) in [6, 6.07) is 11.3. The SMILES string of the molecule is Oc1c(Cl)c(Cl)c([C@H]2O[C@@H](O)c3cccc4cccc2c34)c(Cl)c1Cl. The van der Waals surface area contributed by atoms with Gasteiger partial charge >= 0.3 is 0 Å². The largest absolute Gasteiger partial charge is 0.505 e. The van der Waals surface area contributed by atoms with E-state index in [2.05, 4.69) is 0 Å². The molecule has 128 valence electrons. The summed E-state index contributed by atoms with van der Waals surface area (Å²) in [6.07, 6.45) is -1.95. The number of benzene rings is 3. The molecule has 4 rings (SSSR count). The number of halogens is 4. The van der Waals surface area contributed by atoms with E-state index in [-0.39, 0.29) is 20.1 Å². The van der Waals surface area contributed by atoms with Gasteiger partial charge in [0, 0.05) is 11.1 Å². The minimum Gasteiger partial charge on any atom is -0.505 e. The van der Waals surface area contributed by atoms with Crippen LogP contribution in [0.1, 0.15) is 29.1 Å². The molecule has 0 aliphatic carbocycles. The first-order valence-electron chi connectivity index (χ1n) is 7.31. The highest BCUT2D eigenvalue weighted by atomic mass is 35.5. The van der Waals surface area contributed by atoms with Gasteiger partial charge in [0.25, 0.3) is 0 Å². The Bertz CT molecular complexity index is 985. The Labute approximate surface area is 163 Å². The van der Waals surface area contributed by atoms with E-state index >= 15 is 0 Å². The topological polar surface area (TPSA) is 49.7 Å². The van der Waals surface area contributed by atoms with Crippen LogP contribution < -0.4 is 0 Å². The summed E-state index contributed by atoms with van der Waals surface area (Å²) in [7, 11) is 0. The van der Waals surface area contributed by atoms with Crippen molar-refractivity contribution in [3.05, 3.63) is 73.2 Å². The lowest BCUT2D eigenvalue weighted by molar-refractivity contribution is -0.132. The molecule has 2 atom stereocenters. The fraction of sp³-hybridized carbons (Fsp3) is 0.111. The van der Waals surface area contributed by atoms with Gasteiger partial charge in [-0.15, -0.1) is 0 Å². The Morgan fingerprint density at radius 1 is 0.800 bits per heavy atom. The average molecular weight is 416 g/mol. The van der Waals surface area contributed by atoms with E-state index in [0.717, 1.165) is 16.3 Å². The zero-order valence-electron chi connectivity index (χ0n) is 12.4. The summed E-state index contributed by atoms with van der Waals surface area (Å²) in [5.74, 6) is -0.392. The molecule has 0 unspecified atom stereocenters. The average Bonchev–Trinajstić information content (AvgIpc) is 2.62. The summed E-state index contributed by atoms with van der Waals surface area (Å²) in [5.41, 5.74) is 1.74. The molecule has 0 aromatic heterocycles. The number of hydrogen-bond acceptors (Lipinski definition) is 3. The normalized spacial score (nSPS) is 19.4. The summed E-state index contributed by atoms with van der Waals surface area (Å²) < 4.78 is 5.79. The van der Waals surface area contributed by atoms with Crippen LogP contribution >= 0.6 is 46.4 Å². The number of aliphatic hydroxyl groups excluding tert-OH is 1. The van der Waals surface area contributed by atoms with E-state index in [9.17, 15) is 10.2 Å². The molecule has 3 nitrogen and oxygen atoms in total. The maximum atomic E-state index is 10.5. The molecule has 0 amide bonds. The third kappa shape index (κ3) is 2.50. The molecule has 3 aromatic rings. The number of hydrogen-bond donors (Lipinski definition) is 2. The second-order valence-electron chi connectivity index (χ2n) is 5.68. The molecule has 1 aliphatic heterocycles. The quantitative estimate of drug-likeness (QED) is 0.460. The van der Waals surface area contributed by atoms with Gasteiger partial charge in [-0.1, -0.05) is 82.8 Å². The van der Waals surface area contributed by atoms with E-state index in [1.807, 2.05) is 30.3 Å². The minimum absolute atomic E-state index is 0.0298. The van der Waals surface area contributed by atoms with Crippen LogP contribution in [0.5, 0.6) is 5.75 Å². The van der Waals surface area contributed by atoms with Crippen molar-refractivity contribution >= 4 is 57.2 Å². The highest BCUT2D eigenvalue weighted by molar-refractivity contribution is 6.49. The van der Waals surface area contributed by atoms with Crippen LogP contribution in [-0.4, -0.2) is 10.2 Å². The molecule has 0 fully saturated rings. The first kappa shape index (κ1) is 17.2. The Balaban J connectivity index is 2.06. The number of phenols is 1. The van der Waals surface area contributed by atoms with Crippen LogP contribution in [0.3, 0.4) is 0 Å². The number of rotatable bonds is 1. The molecule has 1 heterocycles. The summed E-state index contributed by atoms with van der Waals surface area (Å²) in [5, 5.41) is 22.0. The molecule has 0 radical (unpaired) electrons. The van der Waals surface area contributed by atoms with Crippen LogP contribution in [0.15, 0.2) is 36.4 Å². The van der Waals surface area contributed by atoms with Gasteiger partial charge in [-0.25, -0.2) is 0 Å². The predicted molar refractivity (Wildman–Crippen MR) is 100.0 cm³/mol. The van der Waals surface area contributed by atoms with Crippen molar-refractivity contribution < 1.29 is 14.9 Å². The monoisotopic (exact) mass is 414 g/mol. The van der Waals surface area contributed by atoms with Crippen LogP contribution in [0.4, 0.5) is 0 Å². The minimum atomic E-state index is -1.16. The molecular formula is C18H10Cl4O3. The number of aliphatic hydroxyl groups is 1. The first-order chi connectivity index (χ1) is 11.9. The zero-order chi connectivity index (χ0) is 17.9. The Morgan fingerprint density at radius 3 is 1.96 bits per heavy atom. The van der Waals surface area contributed by atoms with Gasteiger partial charge in [-0.2, -0.15) is 0 Å². The Hall–Kier alpha value is -1.20. The summed E-state index contributed by atoms with van der Waals surface area (Å²) >= 11 is 24.8. The molecule has 0 saturated carbocycles. The fourth-order valence-corrected chi connectivity index (χ4v) is 4.25. The lowest BCUT2D eigenvalue weighted by atomic mass is 9.90. The molecule has 0 bridgehead atoms. The molecule has 1 aliphatic rings. The second-order valence-corrected chi connectivity index (χ2v) is 7.19. The number of aromatic hydroxyl groups is 1. The van der Waals surface area contributed by atoms with Crippen LogP contribution in [-0.2, 0) is 4.74 Å². The lowest BCUT2D eigenvalue weighted by Gasteiger charge is -2.31. The third-order valence-corrected chi connectivity index (χ3v) is 6.03. The third-order valence-electron chi connectivity index (χ3n) is 4.32. The number of ether oxygens (including phenoxy) is 1. The van der Waals surface area contributed by atoms with Crippen molar-refractivity contribution in [2.24, 2.45) is 0 Å². The molecule has 0 saturated heterocycles. The molecule has 3 aromatic carbocycles. The lowest BCUT2D eigenvalue weighted by Crippen LogP contribution is -2.18. The van der Waals surface area contributed by atoms with Crippen molar-refractivity contribution in [1.29, 1.82) is 0 Å². The van der Waals surface area contributed by atoms with E-state index in [1.165, 1.54) is 0 Å². The van der Waals surface area contributed by atoms with Crippen molar-refractivity contribution in [2.75, 3.05) is 0 Å². The zero-order valence-corrected chi connectivity index (χ0v) is 15.5. The van der Waals surface area contributed by atoms with Crippen molar-refractivity contribution in [3.8, 4) is 5.75 Å². The number of phenolic OH excluding ortho intramolecular Hbond substituents is 1.